The Bertz CT molecular complexity index is 1020. The van der Waals surface area contributed by atoms with E-state index in [1.807, 2.05) is 0 Å². The lowest BCUT2D eigenvalue weighted by molar-refractivity contribution is -0.332. The summed E-state index contributed by atoms with van der Waals surface area (Å²) in [7, 11) is -6.54. The molecule has 2 aromatic carbocycles. The van der Waals surface area contributed by atoms with Gasteiger partial charge in [0.1, 0.15) is 0 Å². The van der Waals surface area contributed by atoms with Gasteiger partial charge in [-0.2, -0.15) is 30.7 Å². The van der Waals surface area contributed by atoms with E-state index in [1.54, 1.807) is 0 Å². The Kier molecular flexibility index (Phi) is 6.23. The highest BCUT2D eigenvalue weighted by Crippen LogP contribution is 2.53. The van der Waals surface area contributed by atoms with Gasteiger partial charge in [0.15, 0.2) is 0 Å². The predicted octanol–water partition coefficient (Wildman–Crippen LogP) is 7.10. The molecule has 0 heterocycles. The second-order valence-corrected chi connectivity index (χ2v) is 9.47. The van der Waals surface area contributed by atoms with E-state index in [0.717, 1.165) is 0 Å². The first kappa shape index (κ1) is 23.4. The van der Waals surface area contributed by atoms with E-state index in [0.29, 0.717) is 6.07 Å². The van der Waals surface area contributed by atoms with Crippen LogP contribution in [-0.2, 0) is 9.84 Å². The second kappa shape index (κ2) is 7.44. The van der Waals surface area contributed by atoms with Crippen LogP contribution >= 0.6 is 43.5 Å². The maximum Gasteiger partial charge on any atom is 0.461 e. The molecule has 0 aliphatic rings. The van der Waals surface area contributed by atoms with E-state index in [1.165, 1.54) is 30.3 Å². The van der Waals surface area contributed by atoms with Crippen molar-refractivity contribution in [3.63, 3.8) is 0 Å². The van der Waals surface area contributed by atoms with Gasteiger partial charge in [-0.05, 0) is 18.2 Å². The Labute approximate surface area is 175 Å². The minimum atomic E-state index is -6.84. The van der Waals surface area contributed by atoms with E-state index >= 15 is 0 Å². The van der Waals surface area contributed by atoms with E-state index in [2.05, 4.69) is 31.9 Å². The van der Waals surface area contributed by atoms with Gasteiger partial charge in [-0.25, -0.2) is 8.42 Å². The minimum absolute atomic E-state index is 0.145. The zero-order valence-corrected chi connectivity index (χ0v) is 17.7. The number of hydrogen-bond donors (Lipinski definition) is 0. The molecule has 0 radical (unpaired) electrons. The molecular formula is C15H6Br2ClF7O2S. The highest BCUT2D eigenvalue weighted by Gasteiger charge is 2.78. The van der Waals surface area contributed by atoms with Crippen molar-refractivity contribution in [3.8, 4) is 11.1 Å². The number of halogens is 10. The molecular weight excluding hydrogens is 572 g/mol. The van der Waals surface area contributed by atoms with Crippen molar-refractivity contribution in [2.24, 2.45) is 0 Å². The SMILES string of the molecule is O=S(=O)(c1cc(Br)cc(Br)c1-c1ccccc1Cl)C(F)(F)C(F)(F)C(F)(F)F. The van der Waals surface area contributed by atoms with Crippen LogP contribution in [0.4, 0.5) is 30.7 Å². The maximum atomic E-state index is 14.1. The molecule has 154 valence electrons. The summed E-state index contributed by atoms with van der Waals surface area (Å²) in [6, 6.07) is 6.89. The Morgan fingerprint density at radius 1 is 0.893 bits per heavy atom. The molecule has 0 bridgehead atoms. The maximum absolute atomic E-state index is 14.1. The molecule has 0 N–H and O–H groups in total. The van der Waals surface area contributed by atoms with Crippen LogP contribution in [0.15, 0.2) is 50.2 Å². The largest absolute Gasteiger partial charge is 0.461 e. The summed E-state index contributed by atoms with van der Waals surface area (Å²) in [5.74, 6) is -6.84. The fourth-order valence-electron chi connectivity index (χ4n) is 2.16. The van der Waals surface area contributed by atoms with Gasteiger partial charge in [-0.3, -0.25) is 0 Å². The molecule has 0 aliphatic heterocycles. The van der Waals surface area contributed by atoms with Gasteiger partial charge in [-0.15, -0.1) is 0 Å². The predicted molar refractivity (Wildman–Crippen MR) is 95.4 cm³/mol. The molecule has 13 heteroatoms. The third kappa shape index (κ3) is 3.68. The summed E-state index contributed by atoms with van der Waals surface area (Å²) in [6.07, 6.45) is -6.81. The molecule has 0 aromatic heterocycles. The summed E-state index contributed by atoms with van der Waals surface area (Å²) in [5.41, 5.74) is -0.764. The van der Waals surface area contributed by atoms with Crippen LogP contribution < -0.4 is 0 Å². The Morgan fingerprint density at radius 3 is 1.93 bits per heavy atom. The average Bonchev–Trinajstić information content (AvgIpc) is 2.53. The van der Waals surface area contributed by atoms with Crippen molar-refractivity contribution in [1.29, 1.82) is 0 Å². The molecule has 0 atom stereocenters. The highest BCUT2D eigenvalue weighted by atomic mass is 79.9. The molecule has 2 aromatic rings. The third-order valence-electron chi connectivity index (χ3n) is 3.51. The van der Waals surface area contributed by atoms with E-state index in [9.17, 15) is 39.2 Å². The van der Waals surface area contributed by atoms with Gasteiger partial charge in [0.25, 0.3) is 9.84 Å². The fraction of sp³-hybridized carbons (Fsp3) is 0.200. The van der Waals surface area contributed by atoms with Gasteiger partial charge in [0.05, 0.1) is 4.90 Å². The summed E-state index contributed by atoms with van der Waals surface area (Å²) in [5, 5.41) is -6.64. The molecule has 0 unspecified atom stereocenters. The minimum Gasteiger partial charge on any atom is -0.217 e. The fourth-order valence-corrected chi connectivity index (χ4v) is 5.61. The molecule has 0 spiro atoms. The lowest BCUT2D eigenvalue weighted by Crippen LogP contribution is -2.56. The first-order valence-electron chi connectivity index (χ1n) is 6.86. The molecule has 2 rings (SSSR count). The zero-order valence-electron chi connectivity index (χ0n) is 13.0. The lowest BCUT2D eigenvalue weighted by atomic mass is 10.1. The molecule has 28 heavy (non-hydrogen) atoms. The third-order valence-corrected chi connectivity index (χ3v) is 6.76. The van der Waals surface area contributed by atoms with E-state index in [-0.39, 0.29) is 19.5 Å². The molecule has 2 nitrogen and oxygen atoms in total. The van der Waals surface area contributed by atoms with Crippen molar-refractivity contribution in [3.05, 3.63) is 50.4 Å². The zero-order chi connectivity index (χ0) is 21.7. The quantitative estimate of drug-likeness (QED) is 0.363. The Hall–Kier alpha value is -0.850. The topological polar surface area (TPSA) is 34.1 Å². The van der Waals surface area contributed by atoms with Gasteiger partial charge < -0.3 is 0 Å². The summed E-state index contributed by atoms with van der Waals surface area (Å²) < 4.78 is 117. The number of alkyl halides is 7. The van der Waals surface area contributed by atoms with Crippen molar-refractivity contribution >= 4 is 53.3 Å². The van der Waals surface area contributed by atoms with Crippen LogP contribution in [0.1, 0.15) is 0 Å². The van der Waals surface area contributed by atoms with Crippen LogP contribution in [0.25, 0.3) is 11.1 Å². The van der Waals surface area contributed by atoms with Gasteiger partial charge >= 0.3 is 17.4 Å². The monoisotopic (exact) mass is 576 g/mol. The Morgan fingerprint density at radius 2 is 1.43 bits per heavy atom. The van der Waals surface area contributed by atoms with Crippen LogP contribution in [0.3, 0.4) is 0 Å². The lowest BCUT2D eigenvalue weighted by Gasteiger charge is -2.28. The van der Waals surface area contributed by atoms with Crippen molar-refractivity contribution < 1.29 is 39.2 Å². The van der Waals surface area contributed by atoms with Crippen LogP contribution in [0.5, 0.6) is 0 Å². The number of benzene rings is 2. The second-order valence-electron chi connectivity index (χ2n) is 5.33. The molecule has 0 aliphatic carbocycles. The Balaban J connectivity index is 2.90. The van der Waals surface area contributed by atoms with Crippen molar-refractivity contribution in [1.82, 2.24) is 0 Å². The van der Waals surface area contributed by atoms with Crippen LogP contribution in [-0.4, -0.2) is 25.8 Å². The summed E-state index contributed by atoms with van der Waals surface area (Å²) >= 11 is 11.6. The van der Waals surface area contributed by atoms with Crippen LogP contribution in [0, 0.1) is 0 Å². The first-order valence-corrected chi connectivity index (χ1v) is 10.3. The van der Waals surface area contributed by atoms with E-state index < -0.39 is 37.6 Å². The standard InChI is InChI=1S/C15H6Br2ClF7O2S/c16-7-5-9(17)12(8-3-1-2-4-10(8)18)11(6-7)28(26,27)15(24,25)13(19,20)14(21,22)23/h1-6H. The first-order chi connectivity index (χ1) is 12.6. The van der Waals surface area contributed by atoms with Crippen molar-refractivity contribution in [2.75, 3.05) is 0 Å². The molecule has 0 fully saturated rings. The van der Waals surface area contributed by atoms with Crippen LogP contribution in [0.2, 0.25) is 5.02 Å². The number of sulfone groups is 1. The smallest absolute Gasteiger partial charge is 0.217 e. The number of hydrogen-bond acceptors (Lipinski definition) is 2. The average molecular weight is 579 g/mol. The van der Waals surface area contributed by atoms with Gasteiger partial charge in [-0.1, -0.05) is 61.7 Å². The van der Waals surface area contributed by atoms with Crippen molar-refractivity contribution in [2.45, 2.75) is 22.2 Å². The van der Waals surface area contributed by atoms with Gasteiger partial charge in [0, 0.05) is 25.1 Å². The normalized spacial score (nSPS) is 13.6. The molecule has 0 amide bonds. The summed E-state index contributed by atoms with van der Waals surface area (Å²) in [6.45, 7) is 0. The van der Waals surface area contributed by atoms with Gasteiger partial charge in [0.2, 0.25) is 0 Å². The van der Waals surface area contributed by atoms with E-state index in [4.69, 9.17) is 11.6 Å². The molecule has 0 saturated heterocycles. The molecule has 0 saturated carbocycles. The summed E-state index contributed by atoms with van der Waals surface area (Å²) in [4.78, 5) is -1.46. The highest BCUT2D eigenvalue weighted by molar-refractivity contribution is 9.11. The number of rotatable bonds is 4.